The lowest BCUT2D eigenvalue weighted by Gasteiger charge is -2.47. The van der Waals surface area contributed by atoms with Crippen LogP contribution in [0.15, 0.2) is 65.2 Å². The van der Waals surface area contributed by atoms with Crippen molar-refractivity contribution in [2.75, 3.05) is 24.5 Å². The molecule has 4 aromatic rings. The summed E-state index contributed by atoms with van der Waals surface area (Å²) in [6.45, 7) is 12.5. The number of hydrogen-bond acceptors (Lipinski definition) is 5. The van der Waals surface area contributed by atoms with Crippen molar-refractivity contribution in [2.45, 2.75) is 45.6 Å². The molecule has 1 fully saturated rings. The highest BCUT2D eigenvalue weighted by Crippen LogP contribution is 2.36. The Balaban J connectivity index is 1.50. The summed E-state index contributed by atoms with van der Waals surface area (Å²) in [7, 11) is 0. The van der Waals surface area contributed by atoms with E-state index in [2.05, 4.69) is 50.6 Å². The molecule has 1 aromatic carbocycles. The number of pyridine rings is 2. The van der Waals surface area contributed by atoms with Crippen LogP contribution in [0, 0.1) is 0 Å². The predicted octanol–water partition coefficient (Wildman–Crippen LogP) is 6.58. The Morgan fingerprint density at radius 1 is 1.06 bits per heavy atom. The first-order valence-corrected chi connectivity index (χ1v) is 12.6. The highest BCUT2D eigenvalue weighted by atomic mass is 35.5. The molecule has 3 aromatic heterocycles. The molecule has 6 nitrogen and oxygen atoms in total. The molecule has 186 valence electrons. The first kappa shape index (κ1) is 24.3. The number of anilines is 1. The molecular weight excluding hydrogens is 472 g/mol. The topological polar surface area (TPSA) is 62.5 Å². The maximum Gasteiger partial charge on any atom is 0.290 e. The second-order valence-corrected chi connectivity index (χ2v) is 11.5. The molecule has 0 N–H and O–H groups in total. The molecule has 1 aliphatic heterocycles. The second-order valence-electron chi connectivity index (χ2n) is 11.0. The van der Waals surface area contributed by atoms with Crippen molar-refractivity contribution in [3.8, 4) is 11.3 Å². The maximum absolute atomic E-state index is 13.7. The van der Waals surface area contributed by atoms with E-state index in [0.717, 1.165) is 22.6 Å². The van der Waals surface area contributed by atoms with Crippen LogP contribution in [0.4, 0.5) is 5.82 Å². The number of fused-ring (bicyclic) bond motifs is 1. The number of benzene rings is 1. The van der Waals surface area contributed by atoms with Crippen molar-refractivity contribution in [2.24, 2.45) is 0 Å². The van der Waals surface area contributed by atoms with Gasteiger partial charge in [0.1, 0.15) is 11.3 Å². The number of aromatic nitrogens is 2. The number of rotatable bonds is 3. The first-order valence-electron chi connectivity index (χ1n) is 12.2. The summed E-state index contributed by atoms with van der Waals surface area (Å²) >= 11 is 6.09. The molecule has 0 bridgehead atoms. The zero-order valence-electron chi connectivity index (χ0n) is 21.4. The van der Waals surface area contributed by atoms with Crippen molar-refractivity contribution < 1.29 is 9.21 Å². The summed E-state index contributed by atoms with van der Waals surface area (Å²) in [5.74, 6) is 1.12. The van der Waals surface area contributed by atoms with Gasteiger partial charge in [-0.25, -0.2) is 9.97 Å². The maximum atomic E-state index is 13.7. The normalized spacial score (nSPS) is 15.9. The highest BCUT2D eigenvalue weighted by Gasteiger charge is 2.39. The molecule has 36 heavy (non-hydrogen) atoms. The van der Waals surface area contributed by atoms with Crippen molar-refractivity contribution in [3.05, 3.63) is 77.1 Å². The average molecular weight is 503 g/mol. The van der Waals surface area contributed by atoms with Gasteiger partial charge in [-0.2, -0.15) is 0 Å². The zero-order chi connectivity index (χ0) is 25.7. The van der Waals surface area contributed by atoms with Gasteiger partial charge in [-0.05, 0) is 49.6 Å². The number of furan rings is 1. The van der Waals surface area contributed by atoms with Crippen LogP contribution in [0.5, 0.6) is 0 Å². The van der Waals surface area contributed by atoms with E-state index >= 15 is 0 Å². The lowest BCUT2D eigenvalue weighted by molar-refractivity contribution is 0.0483. The standard InChI is InChI=1S/C29H31ClN4O2/c1-28(2,3)21-16-22(19-9-11-20(30)12-10-19)32-23-17-24(36-26(21)23)27(35)34-15-14-33(18-29(34,4)5)25-8-6-7-13-31-25/h6-13,16-17H,14-15,18H2,1-5H3. The smallest absolute Gasteiger partial charge is 0.290 e. The summed E-state index contributed by atoms with van der Waals surface area (Å²) in [6, 6.07) is 17.4. The second kappa shape index (κ2) is 8.93. The summed E-state index contributed by atoms with van der Waals surface area (Å²) in [6.07, 6.45) is 1.80. The Morgan fingerprint density at radius 2 is 1.81 bits per heavy atom. The van der Waals surface area contributed by atoms with Gasteiger partial charge < -0.3 is 14.2 Å². The highest BCUT2D eigenvalue weighted by molar-refractivity contribution is 6.30. The molecule has 4 heterocycles. The Kier molecular flexibility index (Phi) is 6.03. The first-order chi connectivity index (χ1) is 17.0. The van der Waals surface area contributed by atoms with Crippen LogP contribution in [0.25, 0.3) is 22.4 Å². The van der Waals surface area contributed by atoms with E-state index < -0.39 is 5.54 Å². The van der Waals surface area contributed by atoms with Crippen LogP contribution >= 0.6 is 11.6 Å². The van der Waals surface area contributed by atoms with Crippen LogP contribution in [-0.4, -0.2) is 45.9 Å². The molecule has 5 rings (SSSR count). The predicted molar refractivity (Wildman–Crippen MR) is 145 cm³/mol. The van der Waals surface area contributed by atoms with E-state index in [4.69, 9.17) is 21.0 Å². The molecule has 0 unspecified atom stereocenters. The molecule has 1 aliphatic rings. The zero-order valence-corrected chi connectivity index (χ0v) is 22.1. The lowest BCUT2D eigenvalue weighted by atomic mass is 9.86. The Bertz CT molecular complexity index is 1410. The molecule has 0 spiro atoms. The SMILES string of the molecule is CC(C)(C)c1cc(-c2ccc(Cl)cc2)nc2cc(C(=O)N3CCN(c4ccccn4)CC3(C)C)oc12. The number of carbonyl (C=O) groups is 1. The third-order valence-corrected chi connectivity index (χ3v) is 7.01. The quantitative estimate of drug-likeness (QED) is 0.316. The van der Waals surface area contributed by atoms with Crippen LogP contribution in [-0.2, 0) is 5.41 Å². The summed E-state index contributed by atoms with van der Waals surface area (Å²) in [5.41, 5.74) is 3.54. The van der Waals surface area contributed by atoms with E-state index in [9.17, 15) is 4.79 Å². The molecule has 0 saturated carbocycles. The van der Waals surface area contributed by atoms with Crippen molar-refractivity contribution >= 4 is 34.4 Å². The molecule has 1 amide bonds. The van der Waals surface area contributed by atoms with Crippen LogP contribution in [0.1, 0.15) is 50.7 Å². The number of halogens is 1. The number of carbonyl (C=O) groups excluding carboxylic acids is 1. The van der Waals surface area contributed by atoms with Crippen molar-refractivity contribution in [1.82, 2.24) is 14.9 Å². The molecule has 7 heteroatoms. The summed E-state index contributed by atoms with van der Waals surface area (Å²) < 4.78 is 6.25. The number of hydrogen-bond donors (Lipinski definition) is 0. The molecule has 0 radical (unpaired) electrons. The van der Waals surface area contributed by atoms with Gasteiger partial charge in [-0.3, -0.25) is 4.79 Å². The van der Waals surface area contributed by atoms with Crippen LogP contribution < -0.4 is 4.90 Å². The number of amides is 1. The van der Waals surface area contributed by atoms with E-state index in [0.29, 0.717) is 41.5 Å². The van der Waals surface area contributed by atoms with Crippen molar-refractivity contribution in [3.63, 3.8) is 0 Å². The Morgan fingerprint density at radius 3 is 2.44 bits per heavy atom. The fourth-order valence-electron chi connectivity index (χ4n) is 4.85. The summed E-state index contributed by atoms with van der Waals surface area (Å²) in [5, 5.41) is 0.679. The molecular formula is C29H31ClN4O2. The molecule has 1 saturated heterocycles. The minimum atomic E-state index is -0.402. The van der Waals surface area contributed by atoms with Gasteiger partial charge in [0.15, 0.2) is 11.3 Å². The van der Waals surface area contributed by atoms with E-state index in [1.54, 1.807) is 12.3 Å². The molecule has 0 atom stereocenters. The van der Waals surface area contributed by atoms with Gasteiger partial charge in [0, 0.05) is 48.0 Å². The lowest BCUT2D eigenvalue weighted by Crippen LogP contribution is -2.61. The van der Waals surface area contributed by atoms with E-state index in [1.807, 2.05) is 47.4 Å². The third kappa shape index (κ3) is 4.58. The fraction of sp³-hybridized carbons (Fsp3) is 0.345. The largest absolute Gasteiger partial charge is 0.449 e. The van der Waals surface area contributed by atoms with Gasteiger partial charge in [0.25, 0.3) is 5.91 Å². The molecule has 0 aliphatic carbocycles. The van der Waals surface area contributed by atoms with E-state index in [1.165, 1.54) is 0 Å². The van der Waals surface area contributed by atoms with Gasteiger partial charge in [-0.1, -0.05) is 50.6 Å². The minimum absolute atomic E-state index is 0.119. The fourth-order valence-corrected chi connectivity index (χ4v) is 4.98. The van der Waals surface area contributed by atoms with Crippen molar-refractivity contribution in [1.29, 1.82) is 0 Å². The van der Waals surface area contributed by atoms with E-state index in [-0.39, 0.29) is 11.3 Å². The number of nitrogens with zero attached hydrogens (tertiary/aromatic N) is 4. The monoisotopic (exact) mass is 502 g/mol. The van der Waals surface area contributed by atoms with Gasteiger partial charge in [0.2, 0.25) is 0 Å². The third-order valence-electron chi connectivity index (χ3n) is 6.76. The van der Waals surface area contributed by atoms with Crippen LogP contribution in [0.2, 0.25) is 5.02 Å². The summed E-state index contributed by atoms with van der Waals surface area (Å²) in [4.78, 5) is 27.2. The number of piperazine rings is 1. The Labute approximate surface area is 216 Å². The minimum Gasteiger partial charge on any atom is -0.449 e. The van der Waals surface area contributed by atoms with Gasteiger partial charge >= 0.3 is 0 Å². The average Bonchev–Trinajstić information content (AvgIpc) is 3.27. The van der Waals surface area contributed by atoms with Gasteiger partial charge in [-0.15, -0.1) is 0 Å². The Hall–Kier alpha value is -3.38. The van der Waals surface area contributed by atoms with Crippen LogP contribution in [0.3, 0.4) is 0 Å². The van der Waals surface area contributed by atoms with Gasteiger partial charge in [0.05, 0.1) is 11.2 Å².